The fourth-order valence-electron chi connectivity index (χ4n) is 1.91. The Kier molecular flexibility index (Phi) is 3.73. The van der Waals surface area contributed by atoms with E-state index in [1.54, 1.807) is 12.1 Å². The van der Waals surface area contributed by atoms with Crippen molar-refractivity contribution in [2.24, 2.45) is 0 Å². The molecule has 0 amide bonds. The van der Waals surface area contributed by atoms with E-state index in [0.717, 1.165) is 31.0 Å². The highest BCUT2D eigenvalue weighted by molar-refractivity contribution is 7.99. The van der Waals surface area contributed by atoms with Gasteiger partial charge in [-0.3, -0.25) is 10.1 Å². The van der Waals surface area contributed by atoms with Gasteiger partial charge in [0, 0.05) is 30.6 Å². The molecule has 0 radical (unpaired) electrons. The molecule has 0 saturated carbocycles. The van der Waals surface area contributed by atoms with Gasteiger partial charge in [-0.1, -0.05) is 0 Å². The molecule has 0 atom stereocenters. The van der Waals surface area contributed by atoms with Crippen molar-refractivity contribution in [3.8, 4) is 0 Å². The Morgan fingerprint density at radius 2 is 2.18 bits per heavy atom. The molecule has 1 fully saturated rings. The molecule has 0 aliphatic carbocycles. The summed E-state index contributed by atoms with van der Waals surface area (Å²) in [6.45, 7) is 1.96. The summed E-state index contributed by atoms with van der Waals surface area (Å²) in [7, 11) is 0. The summed E-state index contributed by atoms with van der Waals surface area (Å²) in [6, 6.07) is 4.97. The molecule has 1 aromatic rings. The van der Waals surface area contributed by atoms with Crippen molar-refractivity contribution in [3.63, 3.8) is 0 Å². The molecular formula is C11H15N3O2S. The summed E-state index contributed by atoms with van der Waals surface area (Å²) in [4.78, 5) is 12.5. The zero-order valence-corrected chi connectivity index (χ0v) is 10.3. The second-order valence-electron chi connectivity index (χ2n) is 3.95. The minimum atomic E-state index is -0.447. The van der Waals surface area contributed by atoms with Gasteiger partial charge in [0.1, 0.15) is 5.69 Å². The number of thioether (sulfide) groups is 1. The number of rotatable bonds is 2. The smallest absolute Gasteiger partial charge is 0.292 e. The van der Waals surface area contributed by atoms with E-state index in [1.807, 2.05) is 11.8 Å². The number of hydrogen-bond donors (Lipinski definition) is 1. The summed E-state index contributed by atoms with van der Waals surface area (Å²) in [6.07, 6.45) is 1.14. The van der Waals surface area contributed by atoms with Crippen LogP contribution in [0, 0.1) is 10.1 Å². The third kappa shape index (κ3) is 2.82. The first kappa shape index (κ1) is 12.0. The SMILES string of the molecule is Nc1cc(N2CCCSCC2)ccc1[N+](=O)[O-]. The highest BCUT2D eigenvalue weighted by Crippen LogP contribution is 2.28. The predicted octanol–water partition coefficient (Wildman–Crippen LogP) is 2.12. The van der Waals surface area contributed by atoms with Gasteiger partial charge in [0.25, 0.3) is 5.69 Å². The monoisotopic (exact) mass is 253 g/mol. The fraction of sp³-hybridized carbons (Fsp3) is 0.455. The summed E-state index contributed by atoms with van der Waals surface area (Å²) in [5.41, 5.74) is 6.90. The van der Waals surface area contributed by atoms with Crippen LogP contribution in [0.1, 0.15) is 6.42 Å². The number of benzene rings is 1. The van der Waals surface area contributed by atoms with E-state index in [0.29, 0.717) is 0 Å². The Morgan fingerprint density at radius 1 is 1.35 bits per heavy atom. The van der Waals surface area contributed by atoms with Crippen molar-refractivity contribution >= 4 is 28.8 Å². The largest absolute Gasteiger partial charge is 0.393 e. The first-order valence-corrected chi connectivity index (χ1v) is 6.70. The third-order valence-corrected chi connectivity index (χ3v) is 3.84. The molecule has 5 nitrogen and oxygen atoms in total. The fourth-order valence-corrected chi connectivity index (χ4v) is 2.80. The number of nitro benzene ring substituents is 1. The standard InChI is InChI=1S/C11H15N3O2S/c12-10-8-9(2-3-11(10)14(15)16)13-4-1-6-17-7-5-13/h2-3,8H,1,4-7,12H2. The molecule has 0 spiro atoms. The van der Waals surface area contributed by atoms with E-state index >= 15 is 0 Å². The molecule has 6 heteroatoms. The van der Waals surface area contributed by atoms with Gasteiger partial charge in [-0.15, -0.1) is 0 Å². The third-order valence-electron chi connectivity index (χ3n) is 2.80. The van der Waals surface area contributed by atoms with E-state index in [9.17, 15) is 10.1 Å². The number of hydrogen-bond acceptors (Lipinski definition) is 5. The Balaban J connectivity index is 2.21. The van der Waals surface area contributed by atoms with Crippen molar-refractivity contribution in [1.29, 1.82) is 0 Å². The van der Waals surface area contributed by atoms with Crippen LogP contribution in [-0.4, -0.2) is 29.5 Å². The minimum absolute atomic E-state index is 0.0158. The number of nitrogens with zero attached hydrogens (tertiary/aromatic N) is 2. The van der Waals surface area contributed by atoms with Crippen LogP contribution < -0.4 is 10.6 Å². The molecule has 92 valence electrons. The van der Waals surface area contributed by atoms with Crippen LogP contribution in [0.5, 0.6) is 0 Å². The van der Waals surface area contributed by atoms with E-state index in [2.05, 4.69) is 4.90 Å². The summed E-state index contributed by atoms with van der Waals surface area (Å²) in [5, 5.41) is 10.7. The summed E-state index contributed by atoms with van der Waals surface area (Å²) < 4.78 is 0. The normalized spacial score (nSPS) is 16.6. The van der Waals surface area contributed by atoms with Gasteiger partial charge < -0.3 is 10.6 Å². The lowest BCUT2D eigenvalue weighted by molar-refractivity contribution is -0.383. The molecule has 2 N–H and O–H groups in total. The lowest BCUT2D eigenvalue weighted by atomic mass is 10.2. The predicted molar refractivity (Wildman–Crippen MR) is 71.7 cm³/mol. The number of nitro groups is 1. The average Bonchev–Trinajstić information content (AvgIpc) is 2.56. The van der Waals surface area contributed by atoms with E-state index in [-0.39, 0.29) is 11.4 Å². The molecule has 0 unspecified atom stereocenters. The summed E-state index contributed by atoms with van der Waals surface area (Å²) >= 11 is 1.95. The molecule has 1 saturated heterocycles. The Hall–Kier alpha value is -1.43. The second-order valence-corrected chi connectivity index (χ2v) is 5.18. The Bertz CT molecular complexity index is 417. The molecule has 1 heterocycles. The maximum absolute atomic E-state index is 10.7. The van der Waals surface area contributed by atoms with Gasteiger partial charge in [-0.25, -0.2) is 0 Å². The zero-order valence-electron chi connectivity index (χ0n) is 9.46. The molecule has 1 aromatic carbocycles. The van der Waals surface area contributed by atoms with Crippen LogP contribution in [-0.2, 0) is 0 Å². The van der Waals surface area contributed by atoms with Gasteiger partial charge in [0.05, 0.1) is 4.92 Å². The van der Waals surface area contributed by atoms with Crippen LogP contribution in [0.15, 0.2) is 18.2 Å². The van der Waals surface area contributed by atoms with Crippen LogP contribution in [0.2, 0.25) is 0 Å². The van der Waals surface area contributed by atoms with Crippen LogP contribution >= 0.6 is 11.8 Å². The van der Waals surface area contributed by atoms with Crippen molar-refractivity contribution in [1.82, 2.24) is 0 Å². The van der Waals surface area contributed by atoms with Gasteiger partial charge >= 0.3 is 0 Å². The first-order valence-electron chi connectivity index (χ1n) is 5.55. The maximum atomic E-state index is 10.7. The number of anilines is 2. The van der Waals surface area contributed by atoms with E-state index in [4.69, 9.17) is 5.73 Å². The highest BCUT2D eigenvalue weighted by atomic mass is 32.2. The zero-order chi connectivity index (χ0) is 12.3. The topological polar surface area (TPSA) is 72.4 Å². The molecule has 17 heavy (non-hydrogen) atoms. The minimum Gasteiger partial charge on any atom is -0.393 e. The van der Waals surface area contributed by atoms with Crippen molar-refractivity contribution < 1.29 is 4.92 Å². The van der Waals surface area contributed by atoms with Crippen LogP contribution in [0.4, 0.5) is 17.1 Å². The van der Waals surface area contributed by atoms with Crippen molar-refractivity contribution in [2.45, 2.75) is 6.42 Å². The van der Waals surface area contributed by atoms with Gasteiger partial charge in [-0.05, 0) is 24.3 Å². The van der Waals surface area contributed by atoms with Crippen LogP contribution in [0.25, 0.3) is 0 Å². The van der Waals surface area contributed by atoms with Gasteiger partial charge in [0.2, 0.25) is 0 Å². The average molecular weight is 253 g/mol. The molecule has 1 aliphatic heterocycles. The first-order chi connectivity index (χ1) is 8.18. The van der Waals surface area contributed by atoms with E-state index in [1.165, 1.54) is 11.8 Å². The lowest BCUT2D eigenvalue weighted by Crippen LogP contribution is -2.25. The number of nitrogen functional groups attached to an aromatic ring is 1. The summed E-state index contributed by atoms with van der Waals surface area (Å²) in [5.74, 6) is 2.27. The molecular weight excluding hydrogens is 238 g/mol. The number of nitrogens with two attached hydrogens (primary N) is 1. The lowest BCUT2D eigenvalue weighted by Gasteiger charge is -2.22. The Morgan fingerprint density at radius 3 is 2.88 bits per heavy atom. The highest BCUT2D eigenvalue weighted by Gasteiger charge is 2.15. The van der Waals surface area contributed by atoms with Gasteiger partial charge in [0.15, 0.2) is 0 Å². The van der Waals surface area contributed by atoms with E-state index < -0.39 is 4.92 Å². The van der Waals surface area contributed by atoms with Crippen molar-refractivity contribution in [3.05, 3.63) is 28.3 Å². The molecule has 2 rings (SSSR count). The Labute approximate surface area is 104 Å². The molecule has 0 aromatic heterocycles. The molecule has 0 bridgehead atoms. The van der Waals surface area contributed by atoms with Crippen LogP contribution in [0.3, 0.4) is 0 Å². The second kappa shape index (κ2) is 5.27. The quantitative estimate of drug-likeness (QED) is 0.496. The van der Waals surface area contributed by atoms with Gasteiger partial charge in [-0.2, -0.15) is 11.8 Å². The van der Waals surface area contributed by atoms with Crippen molar-refractivity contribution in [2.75, 3.05) is 35.2 Å². The maximum Gasteiger partial charge on any atom is 0.292 e. The molecule has 1 aliphatic rings.